The zero-order chi connectivity index (χ0) is 68.5. The Kier molecular flexibility index (Phi) is 25.1. The van der Waals surface area contributed by atoms with Crippen LogP contribution in [0.5, 0.6) is 17.2 Å². The smallest absolute Gasteiger partial charge is 0.464 e. The van der Waals surface area contributed by atoms with Gasteiger partial charge in [0.05, 0.1) is 42.7 Å². The normalized spacial score (nSPS) is 22.6. The number of nitrogen functional groups attached to an aromatic ring is 2. The Bertz CT molecular complexity index is 3860. The van der Waals surface area contributed by atoms with Crippen molar-refractivity contribution in [3.63, 3.8) is 0 Å². The van der Waals surface area contributed by atoms with Crippen LogP contribution in [0.2, 0.25) is 0 Å². The summed E-state index contributed by atoms with van der Waals surface area (Å²) in [6, 6.07) is 29.4. The standard InChI is InChI=1S/C27H35N6O8P.C21H27N2O7P.C12H13N5O4/c1-4-18(5-2)13-38-26(36)17(3)32-42(37,41-19-9-7-6-8-10-19)39-14-21-23(34)24(35)27(15-28,40-21)22-12-11-20-25(29)30-16-31-33(20)22;1-4-17(5-2)15-28-21(24)16(3)22-31(27,29-19-9-7-6-8-10-19)30-20-13-11-18(12-14-20)23(25)26;13-4-12(10(20)9(19)7(3-18)21-12)8-2-1-6-11(14)15-5-16-17(6)8/h6-12,16-18,21,23-24,34-35H,4-5,13-14H2,1-3H3,(H,32,37)(H2,29,30,31);6-14,16-17H,4-5,15H2,1-3H3,(H,22,27);1-2,5,7,9-10,18-20H,3H2,(H2,14,15,16)/t17-,21+,23+,24+,27-,42-;16-,31-;7-,9-,10-,12+/m001/s1. The number of nitrogens with zero attached hydrogens (tertiary/aromatic N) is 9. The second-order valence-corrected chi connectivity index (χ2v) is 25.0. The number of carbonyl (C=O) groups excluding carboxylic acids is 2. The van der Waals surface area contributed by atoms with E-state index in [9.17, 15) is 64.9 Å². The number of aliphatic hydroxyl groups is 5. The van der Waals surface area contributed by atoms with Gasteiger partial charge in [-0.05, 0) is 86.3 Å². The number of hydrogen-bond donors (Lipinski definition) is 9. The molecule has 0 bridgehead atoms. The lowest BCUT2D eigenvalue weighted by Crippen LogP contribution is -2.41. The lowest BCUT2D eigenvalue weighted by Gasteiger charge is -2.25. The van der Waals surface area contributed by atoms with Crippen LogP contribution >= 0.6 is 15.5 Å². The van der Waals surface area contributed by atoms with Gasteiger partial charge in [-0.3, -0.25) is 24.2 Å². The van der Waals surface area contributed by atoms with Gasteiger partial charge in [0.2, 0.25) is 11.2 Å². The summed E-state index contributed by atoms with van der Waals surface area (Å²) in [6.45, 7) is 10.3. The predicted octanol–water partition coefficient (Wildman–Crippen LogP) is 5.57. The van der Waals surface area contributed by atoms with Gasteiger partial charge in [-0.15, -0.1) is 0 Å². The number of nitro benzene ring substituents is 1. The second-order valence-electron chi connectivity index (χ2n) is 21.7. The van der Waals surface area contributed by atoms with Crippen molar-refractivity contribution in [1.82, 2.24) is 39.4 Å². The van der Waals surface area contributed by atoms with E-state index in [1.165, 1.54) is 71.9 Å². The van der Waals surface area contributed by atoms with E-state index in [1.807, 2.05) is 39.8 Å². The Morgan fingerprint density at radius 2 is 1.04 bits per heavy atom. The topological polar surface area (TPSA) is 470 Å². The highest BCUT2D eigenvalue weighted by Crippen LogP contribution is 2.49. The molecular formula is C60H75N13O19P2. The molecule has 2 saturated heterocycles. The van der Waals surface area contributed by atoms with Crippen molar-refractivity contribution in [2.75, 3.05) is 37.9 Å². The maximum absolute atomic E-state index is 13.9. The van der Waals surface area contributed by atoms with Gasteiger partial charge in [0, 0.05) is 12.1 Å². The number of aliphatic hydroxyl groups excluding tert-OH is 5. The summed E-state index contributed by atoms with van der Waals surface area (Å²) < 4.78 is 74.4. The number of nitrogens with one attached hydrogen (secondary N) is 2. The van der Waals surface area contributed by atoms with Crippen LogP contribution in [0.25, 0.3) is 11.0 Å². The average Bonchev–Trinajstić information content (AvgIpc) is 1.59. The molecule has 34 heteroatoms. The van der Waals surface area contributed by atoms with Crippen LogP contribution in [-0.4, -0.2) is 147 Å². The highest BCUT2D eigenvalue weighted by molar-refractivity contribution is 7.52. The van der Waals surface area contributed by atoms with Crippen LogP contribution in [-0.2, 0) is 53.4 Å². The van der Waals surface area contributed by atoms with Gasteiger partial charge in [0.1, 0.15) is 102 Å². The summed E-state index contributed by atoms with van der Waals surface area (Å²) in [5.41, 5.74) is 8.66. The fourth-order valence-corrected chi connectivity index (χ4v) is 12.8. The van der Waals surface area contributed by atoms with Crippen LogP contribution in [0.1, 0.15) is 78.6 Å². The molecule has 504 valence electrons. The summed E-state index contributed by atoms with van der Waals surface area (Å²) in [4.78, 5) is 43.1. The molecule has 0 unspecified atom stereocenters. The SMILES string of the molecule is CCC(CC)COC(=O)[C@H](C)N[P@](=O)(OC[C@H]1O[C@@](C#N)(c2ccc3c(N)ncnn23)[C@H](O)[C@@H]1O)Oc1ccccc1.CCC(CC)COC(=O)[C@H](C)N[P@](=O)(Oc1ccccc1)Oc1ccc([N+](=O)[O-])cc1.N#C[C@@]1(c2ccc3c(N)ncnn23)O[C@H](CO)[C@@H](O)[C@H]1O. The number of aromatic nitrogens is 6. The zero-order valence-corrected chi connectivity index (χ0v) is 53.8. The number of anilines is 2. The Balaban J connectivity index is 0.000000211. The number of para-hydroxylation sites is 2. The first-order valence-electron chi connectivity index (χ1n) is 29.7. The molecule has 7 aromatic rings. The van der Waals surface area contributed by atoms with Crippen molar-refractivity contribution < 1.29 is 86.2 Å². The van der Waals surface area contributed by atoms with Crippen molar-refractivity contribution in [2.24, 2.45) is 11.8 Å². The minimum Gasteiger partial charge on any atom is -0.464 e. The fraction of sp³-hybridized carbons (Fsp3) is 0.433. The number of benzene rings is 3. The van der Waals surface area contributed by atoms with Gasteiger partial charge in [-0.1, -0.05) is 89.8 Å². The minimum atomic E-state index is -4.32. The van der Waals surface area contributed by atoms with E-state index in [-0.39, 0.29) is 71.0 Å². The maximum atomic E-state index is 13.9. The molecule has 2 fully saturated rings. The number of hydrogen-bond acceptors (Lipinski definition) is 27. The summed E-state index contributed by atoms with van der Waals surface area (Å²) in [5.74, 6) is 0.0648. The third-order valence-corrected chi connectivity index (χ3v) is 18.7. The molecule has 2 aliphatic rings. The average molecular weight is 1340 g/mol. The molecule has 6 heterocycles. The van der Waals surface area contributed by atoms with Gasteiger partial charge < -0.3 is 69.5 Å². The number of esters is 2. The maximum Gasteiger partial charge on any atom is 0.513 e. The van der Waals surface area contributed by atoms with E-state index < -0.39 is 105 Å². The quantitative estimate of drug-likeness (QED) is 0.0131. The van der Waals surface area contributed by atoms with Crippen molar-refractivity contribution in [2.45, 2.75) is 127 Å². The molecule has 9 rings (SSSR count). The van der Waals surface area contributed by atoms with Crippen LogP contribution < -0.4 is 35.2 Å². The molecule has 3 aromatic carbocycles. The van der Waals surface area contributed by atoms with E-state index >= 15 is 0 Å². The Morgan fingerprint density at radius 3 is 1.44 bits per heavy atom. The fourth-order valence-electron chi connectivity index (χ4n) is 9.73. The van der Waals surface area contributed by atoms with E-state index in [2.05, 4.69) is 30.3 Å². The van der Waals surface area contributed by atoms with Crippen molar-refractivity contribution in [3.05, 3.63) is 143 Å². The Labute approximate surface area is 539 Å². The summed E-state index contributed by atoms with van der Waals surface area (Å²) in [7, 11) is -8.41. The molecule has 32 nitrogen and oxygen atoms in total. The molecule has 2 aliphatic heterocycles. The second kappa shape index (κ2) is 32.4. The summed E-state index contributed by atoms with van der Waals surface area (Å²) in [6.07, 6.45) is -2.89. The number of fused-ring (bicyclic) bond motifs is 2. The predicted molar refractivity (Wildman–Crippen MR) is 335 cm³/mol. The molecule has 12 atom stereocenters. The van der Waals surface area contributed by atoms with E-state index in [4.69, 9.17) is 48.5 Å². The minimum absolute atomic E-state index is 0.0787. The highest BCUT2D eigenvalue weighted by Gasteiger charge is 2.59. The molecule has 0 saturated carbocycles. The van der Waals surface area contributed by atoms with Crippen LogP contribution in [0.4, 0.5) is 17.3 Å². The van der Waals surface area contributed by atoms with Gasteiger partial charge in [0.25, 0.3) is 5.69 Å². The van der Waals surface area contributed by atoms with Crippen molar-refractivity contribution in [3.8, 4) is 29.4 Å². The third kappa shape index (κ3) is 17.0. The van der Waals surface area contributed by atoms with Gasteiger partial charge in [0.15, 0.2) is 11.6 Å². The van der Waals surface area contributed by atoms with Crippen LogP contribution in [0.3, 0.4) is 0 Å². The van der Waals surface area contributed by atoms with Gasteiger partial charge in [-0.2, -0.15) is 30.9 Å². The van der Waals surface area contributed by atoms with E-state index in [1.54, 1.807) is 72.8 Å². The lowest BCUT2D eigenvalue weighted by molar-refractivity contribution is -0.384. The zero-order valence-electron chi connectivity index (χ0n) is 52.0. The molecule has 11 N–H and O–H groups in total. The van der Waals surface area contributed by atoms with Gasteiger partial charge >= 0.3 is 27.4 Å². The molecule has 0 amide bonds. The Hall–Kier alpha value is -8.72. The summed E-state index contributed by atoms with van der Waals surface area (Å²) in [5, 5.41) is 94.9. The number of ether oxygens (including phenoxy) is 4. The van der Waals surface area contributed by atoms with Crippen LogP contribution in [0, 0.1) is 44.6 Å². The lowest BCUT2D eigenvalue weighted by atomic mass is 9.92. The largest absolute Gasteiger partial charge is 0.513 e. The number of carbonyl (C=O) groups is 2. The molecular weight excluding hydrogens is 1270 g/mol. The van der Waals surface area contributed by atoms with Crippen molar-refractivity contribution >= 4 is 55.8 Å². The monoisotopic (exact) mass is 1340 g/mol. The molecule has 4 aromatic heterocycles. The van der Waals surface area contributed by atoms with Crippen LogP contribution in [0.15, 0.2) is 122 Å². The summed E-state index contributed by atoms with van der Waals surface area (Å²) >= 11 is 0. The first-order valence-corrected chi connectivity index (χ1v) is 32.8. The highest BCUT2D eigenvalue weighted by atomic mass is 31.2. The molecule has 0 spiro atoms. The van der Waals surface area contributed by atoms with E-state index in [0.29, 0.717) is 11.0 Å². The number of rotatable bonds is 27. The van der Waals surface area contributed by atoms with Gasteiger partial charge in [-0.25, -0.2) is 28.1 Å². The molecule has 94 heavy (non-hydrogen) atoms. The molecule has 0 radical (unpaired) electrons. The first kappa shape index (κ1) is 72.7. The number of nitro groups is 1. The molecule has 0 aliphatic carbocycles. The third-order valence-electron chi connectivity index (χ3n) is 15.4. The number of nitriles is 2. The van der Waals surface area contributed by atoms with Crippen molar-refractivity contribution in [1.29, 1.82) is 10.5 Å². The number of nitrogens with two attached hydrogens (primary N) is 2. The Morgan fingerprint density at radius 1 is 0.649 bits per heavy atom. The number of non-ortho nitro benzene ring substituents is 1. The first-order chi connectivity index (χ1) is 44.9. The van der Waals surface area contributed by atoms with E-state index in [0.717, 1.165) is 25.7 Å².